The summed E-state index contributed by atoms with van der Waals surface area (Å²) in [5.41, 5.74) is 6.52. The smallest absolute Gasteiger partial charge is 0.133 e. The van der Waals surface area contributed by atoms with E-state index in [1.54, 1.807) is 18.2 Å². The van der Waals surface area contributed by atoms with Crippen molar-refractivity contribution in [2.45, 2.75) is 6.54 Å². The van der Waals surface area contributed by atoms with Crippen LogP contribution in [0, 0.1) is 5.82 Å². The van der Waals surface area contributed by atoms with Gasteiger partial charge in [0.05, 0.1) is 5.69 Å². The fraction of sp³-hybridized carbons (Fsp3) is 0.100. The molecule has 0 aliphatic rings. The molecule has 0 radical (unpaired) electrons. The molecule has 15 heavy (non-hydrogen) atoms. The van der Waals surface area contributed by atoms with E-state index >= 15 is 0 Å². The Labute approximate surface area is 95.5 Å². The van der Waals surface area contributed by atoms with E-state index in [9.17, 15) is 4.39 Å². The summed E-state index contributed by atoms with van der Waals surface area (Å²) in [4.78, 5) is 4.18. The monoisotopic (exact) mass is 242 g/mol. The standard InChI is InChI=1S/C10H8ClFN2S/c11-9-8(5-13)14-10(15-9)6-3-1-2-4-7(6)12/h1-4H,5,13H2. The van der Waals surface area contributed by atoms with E-state index in [-0.39, 0.29) is 12.4 Å². The number of rotatable bonds is 2. The summed E-state index contributed by atoms with van der Waals surface area (Å²) in [7, 11) is 0. The highest BCUT2D eigenvalue weighted by molar-refractivity contribution is 7.19. The van der Waals surface area contributed by atoms with E-state index in [0.29, 0.717) is 20.6 Å². The van der Waals surface area contributed by atoms with Gasteiger partial charge in [0, 0.05) is 12.1 Å². The van der Waals surface area contributed by atoms with Crippen LogP contribution in [0.5, 0.6) is 0 Å². The first kappa shape index (κ1) is 10.5. The highest BCUT2D eigenvalue weighted by atomic mass is 35.5. The van der Waals surface area contributed by atoms with Gasteiger partial charge in [0.1, 0.15) is 15.2 Å². The molecule has 0 aliphatic heterocycles. The zero-order valence-electron chi connectivity index (χ0n) is 7.71. The minimum Gasteiger partial charge on any atom is -0.325 e. The Morgan fingerprint density at radius 2 is 2.13 bits per heavy atom. The molecule has 78 valence electrons. The topological polar surface area (TPSA) is 38.9 Å². The van der Waals surface area contributed by atoms with Crippen LogP contribution < -0.4 is 5.73 Å². The number of thiazole rings is 1. The van der Waals surface area contributed by atoms with Crippen molar-refractivity contribution >= 4 is 22.9 Å². The summed E-state index contributed by atoms with van der Waals surface area (Å²) >= 11 is 7.14. The number of hydrogen-bond donors (Lipinski definition) is 1. The number of aromatic nitrogens is 1. The van der Waals surface area contributed by atoms with Gasteiger partial charge in [0.2, 0.25) is 0 Å². The van der Waals surface area contributed by atoms with Gasteiger partial charge in [-0.25, -0.2) is 9.37 Å². The first-order valence-electron chi connectivity index (χ1n) is 4.32. The first-order chi connectivity index (χ1) is 7.22. The van der Waals surface area contributed by atoms with E-state index in [4.69, 9.17) is 17.3 Å². The van der Waals surface area contributed by atoms with Gasteiger partial charge in [0.15, 0.2) is 0 Å². The Morgan fingerprint density at radius 3 is 2.73 bits per heavy atom. The maximum Gasteiger partial charge on any atom is 0.133 e. The average Bonchev–Trinajstić information content (AvgIpc) is 2.60. The molecule has 5 heteroatoms. The van der Waals surface area contributed by atoms with Gasteiger partial charge in [-0.2, -0.15) is 0 Å². The molecule has 0 spiro atoms. The van der Waals surface area contributed by atoms with Gasteiger partial charge in [-0.15, -0.1) is 11.3 Å². The van der Waals surface area contributed by atoms with E-state index in [1.807, 2.05) is 0 Å². The minimum atomic E-state index is -0.300. The van der Waals surface area contributed by atoms with Crippen LogP contribution in [-0.4, -0.2) is 4.98 Å². The van der Waals surface area contributed by atoms with Gasteiger partial charge in [-0.3, -0.25) is 0 Å². The summed E-state index contributed by atoms with van der Waals surface area (Å²) in [6, 6.07) is 6.46. The molecule has 0 unspecified atom stereocenters. The third-order valence-electron chi connectivity index (χ3n) is 1.95. The van der Waals surface area contributed by atoms with E-state index in [2.05, 4.69) is 4.98 Å². The lowest BCUT2D eigenvalue weighted by molar-refractivity contribution is 0.631. The van der Waals surface area contributed by atoms with Gasteiger partial charge >= 0.3 is 0 Å². The van der Waals surface area contributed by atoms with Crippen molar-refractivity contribution < 1.29 is 4.39 Å². The lowest BCUT2D eigenvalue weighted by Crippen LogP contribution is -1.96. The summed E-state index contributed by atoms with van der Waals surface area (Å²) in [6.45, 7) is 0.268. The number of halogens is 2. The first-order valence-corrected chi connectivity index (χ1v) is 5.52. The Hall–Kier alpha value is -0.970. The zero-order valence-corrected chi connectivity index (χ0v) is 9.28. The van der Waals surface area contributed by atoms with Crippen LogP contribution >= 0.6 is 22.9 Å². The van der Waals surface area contributed by atoms with Crippen molar-refractivity contribution in [2.75, 3.05) is 0 Å². The van der Waals surface area contributed by atoms with Crippen LogP contribution in [0.25, 0.3) is 10.6 Å². The lowest BCUT2D eigenvalue weighted by atomic mass is 10.2. The quantitative estimate of drug-likeness (QED) is 0.879. The van der Waals surface area contributed by atoms with Crippen molar-refractivity contribution in [1.82, 2.24) is 4.98 Å². The Morgan fingerprint density at radius 1 is 1.40 bits per heavy atom. The molecule has 2 rings (SSSR count). The van der Waals surface area contributed by atoms with Gasteiger partial charge in [-0.05, 0) is 12.1 Å². The molecule has 0 saturated heterocycles. The predicted octanol–water partition coefficient (Wildman–Crippen LogP) is 3.06. The van der Waals surface area contributed by atoms with Gasteiger partial charge in [0.25, 0.3) is 0 Å². The SMILES string of the molecule is NCc1nc(-c2ccccc2F)sc1Cl. The Kier molecular flexibility index (Phi) is 3.00. The highest BCUT2D eigenvalue weighted by Gasteiger charge is 2.12. The molecule has 1 aromatic heterocycles. The molecule has 2 aromatic rings. The normalized spacial score (nSPS) is 10.6. The number of benzene rings is 1. The Bertz CT molecular complexity index is 484. The maximum absolute atomic E-state index is 13.4. The minimum absolute atomic E-state index is 0.268. The van der Waals surface area contributed by atoms with Crippen molar-refractivity contribution in [1.29, 1.82) is 0 Å². The van der Waals surface area contributed by atoms with Crippen LogP contribution in [0.15, 0.2) is 24.3 Å². The van der Waals surface area contributed by atoms with Crippen LogP contribution in [0.2, 0.25) is 4.34 Å². The van der Waals surface area contributed by atoms with E-state index in [1.165, 1.54) is 17.4 Å². The number of hydrogen-bond acceptors (Lipinski definition) is 3. The molecule has 0 saturated carbocycles. The summed E-state index contributed by atoms with van der Waals surface area (Å²) < 4.78 is 13.9. The molecule has 0 amide bonds. The van der Waals surface area contributed by atoms with E-state index < -0.39 is 0 Å². The third-order valence-corrected chi connectivity index (χ3v) is 3.32. The molecular formula is C10H8ClFN2S. The van der Waals surface area contributed by atoms with Crippen LogP contribution in [0.4, 0.5) is 4.39 Å². The average molecular weight is 243 g/mol. The molecule has 0 aliphatic carbocycles. The summed E-state index contributed by atoms with van der Waals surface area (Å²) in [5.74, 6) is -0.300. The molecule has 1 aromatic carbocycles. The van der Waals surface area contributed by atoms with E-state index in [0.717, 1.165) is 0 Å². The highest BCUT2D eigenvalue weighted by Crippen LogP contribution is 2.32. The summed E-state index contributed by atoms with van der Waals surface area (Å²) in [6.07, 6.45) is 0. The number of nitrogens with two attached hydrogens (primary N) is 1. The largest absolute Gasteiger partial charge is 0.325 e. The van der Waals surface area contributed by atoms with Crippen molar-refractivity contribution in [3.05, 3.63) is 40.1 Å². The molecular weight excluding hydrogens is 235 g/mol. The number of nitrogens with zero attached hydrogens (tertiary/aromatic N) is 1. The maximum atomic E-state index is 13.4. The predicted molar refractivity (Wildman–Crippen MR) is 60.4 cm³/mol. The van der Waals surface area contributed by atoms with Gasteiger partial charge in [-0.1, -0.05) is 23.7 Å². The second-order valence-corrected chi connectivity index (χ2v) is 4.52. The van der Waals surface area contributed by atoms with Crippen molar-refractivity contribution in [3.63, 3.8) is 0 Å². The molecule has 0 atom stereocenters. The molecule has 2 N–H and O–H groups in total. The molecule has 2 nitrogen and oxygen atoms in total. The van der Waals surface area contributed by atoms with Gasteiger partial charge < -0.3 is 5.73 Å². The molecule has 0 bridgehead atoms. The fourth-order valence-electron chi connectivity index (χ4n) is 1.21. The Balaban J connectivity index is 2.50. The third kappa shape index (κ3) is 2.02. The van der Waals surface area contributed by atoms with Crippen LogP contribution in [0.1, 0.15) is 5.69 Å². The van der Waals surface area contributed by atoms with Crippen molar-refractivity contribution in [3.8, 4) is 10.6 Å². The zero-order chi connectivity index (χ0) is 10.8. The second kappa shape index (κ2) is 4.26. The van der Waals surface area contributed by atoms with Crippen molar-refractivity contribution in [2.24, 2.45) is 5.73 Å². The fourth-order valence-corrected chi connectivity index (χ4v) is 2.40. The molecule has 0 fully saturated rings. The molecule has 1 heterocycles. The second-order valence-electron chi connectivity index (χ2n) is 2.92. The summed E-state index contributed by atoms with van der Waals surface area (Å²) in [5, 5.41) is 0.568. The van der Waals surface area contributed by atoms with Crippen LogP contribution in [0.3, 0.4) is 0 Å². The van der Waals surface area contributed by atoms with Crippen LogP contribution in [-0.2, 0) is 6.54 Å². The lowest BCUT2D eigenvalue weighted by Gasteiger charge is -1.96.